The number of nitrogens with zero attached hydrogens (tertiary/aromatic N) is 5. The summed E-state index contributed by atoms with van der Waals surface area (Å²) in [5.74, 6) is 0.248. The number of nitriles is 1. The molecule has 1 amide bonds. The number of carbonyl (C=O) groups is 1. The number of thiocarbonyl (C=S) groups is 1. The van der Waals surface area contributed by atoms with Crippen molar-refractivity contribution in [2.45, 2.75) is 46.7 Å². The molecule has 4 rings (SSSR count). The molecule has 194 valence electrons. The van der Waals surface area contributed by atoms with Crippen LogP contribution in [0, 0.1) is 24.1 Å². The first-order chi connectivity index (χ1) is 17.7. The summed E-state index contributed by atoms with van der Waals surface area (Å²) in [5, 5.41) is 9.79. The van der Waals surface area contributed by atoms with Crippen molar-refractivity contribution in [3.63, 3.8) is 0 Å². The van der Waals surface area contributed by atoms with Gasteiger partial charge < -0.3 is 9.80 Å². The number of carbonyl (C=O) groups excluding carboxylic acids is 1. The second-order valence-corrected chi connectivity index (χ2v) is 10.8. The molecule has 3 heterocycles. The Kier molecular flexibility index (Phi) is 8.05. The number of anilines is 2. The van der Waals surface area contributed by atoms with E-state index in [9.17, 15) is 19.2 Å². The van der Waals surface area contributed by atoms with Crippen LogP contribution in [0.5, 0.6) is 0 Å². The molecule has 0 bridgehead atoms. The Labute approximate surface area is 226 Å². The quantitative estimate of drug-likeness (QED) is 0.395. The summed E-state index contributed by atoms with van der Waals surface area (Å²) in [5.41, 5.74) is 1.48. The van der Waals surface area contributed by atoms with Crippen molar-refractivity contribution >= 4 is 51.8 Å². The van der Waals surface area contributed by atoms with Gasteiger partial charge in [-0.3, -0.25) is 19.1 Å². The van der Waals surface area contributed by atoms with Crippen LogP contribution < -0.4 is 15.4 Å². The van der Waals surface area contributed by atoms with Crippen molar-refractivity contribution in [2.24, 2.45) is 0 Å². The van der Waals surface area contributed by atoms with Crippen molar-refractivity contribution < 1.29 is 9.18 Å². The molecule has 1 aromatic heterocycles. The van der Waals surface area contributed by atoms with Gasteiger partial charge in [0.2, 0.25) is 0 Å². The van der Waals surface area contributed by atoms with Gasteiger partial charge in [0.25, 0.3) is 11.5 Å². The van der Waals surface area contributed by atoms with Gasteiger partial charge in [-0.05, 0) is 51.0 Å². The monoisotopic (exact) mass is 539 g/mol. The predicted molar refractivity (Wildman–Crippen MR) is 151 cm³/mol. The fourth-order valence-corrected chi connectivity index (χ4v) is 6.26. The number of thioether (sulfide) groups is 1. The zero-order valence-electron chi connectivity index (χ0n) is 21.5. The Morgan fingerprint density at radius 2 is 1.81 bits per heavy atom. The number of hydrogen-bond acceptors (Lipinski definition) is 7. The van der Waals surface area contributed by atoms with Crippen molar-refractivity contribution in [2.75, 3.05) is 36.0 Å². The zero-order chi connectivity index (χ0) is 26.9. The van der Waals surface area contributed by atoms with Gasteiger partial charge in [0.1, 0.15) is 27.6 Å². The van der Waals surface area contributed by atoms with Crippen LogP contribution in [0.1, 0.15) is 43.9 Å². The molecule has 2 aliphatic heterocycles. The summed E-state index contributed by atoms with van der Waals surface area (Å²) in [6.45, 7) is 10.2. The minimum absolute atomic E-state index is 0.0234. The molecule has 0 aliphatic carbocycles. The number of piperazine rings is 1. The molecule has 2 fully saturated rings. The van der Waals surface area contributed by atoms with Gasteiger partial charge in [-0.15, -0.1) is 0 Å². The number of hydrogen-bond donors (Lipinski definition) is 0. The van der Waals surface area contributed by atoms with Crippen LogP contribution in [-0.2, 0) is 11.3 Å². The van der Waals surface area contributed by atoms with Gasteiger partial charge >= 0.3 is 0 Å². The minimum Gasteiger partial charge on any atom is -0.366 e. The largest absolute Gasteiger partial charge is 0.366 e. The topological polar surface area (TPSA) is 72.6 Å². The first kappa shape index (κ1) is 26.9. The molecule has 0 N–H and O–H groups in total. The van der Waals surface area contributed by atoms with Crippen molar-refractivity contribution in [1.29, 1.82) is 5.26 Å². The Hall–Kier alpha value is -3.16. The second-order valence-electron chi connectivity index (χ2n) is 9.13. The summed E-state index contributed by atoms with van der Waals surface area (Å²) < 4.78 is 16.5. The third-order valence-electron chi connectivity index (χ3n) is 7.07. The Morgan fingerprint density at radius 1 is 1.16 bits per heavy atom. The number of pyridine rings is 1. The van der Waals surface area contributed by atoms with Crippen molar-refractivity contribution in [1.82, 2.24) is 9.47 Å². The lowest BCUT2D eigenvalue weighted by molar-refractivity contribution is -0.123. The molecule has 2 aromatic rings. The van der Waals surface area contributed by atoms with E-state index in [4.69, 9.17) is 12.2 Å². The molecule has 0 spiro atoms. The van der Waals surface area contributed by atoms with Crippen LogP contribution in [-0.4, -0.2) is 51.9 Å². The molecule has 1 atom stereocenters. The predicted octanol–water partition coefficient (Wildman–Crippen LogP) is 4.51. The molecule has 1 aromatic carbocycles. The summed E-state index contributed by atoms with van der Waals surface area (Å²) in [6, 6.07) is 8.75. The van der Waals surface area contributed by atoms with E-state index >= 15 is 0 Å². The number of benzene rings is 1. The number of para-hydroxylation sites is 1. The SMILES string of the molecule is CCC(C)N1C(=O)/C(=C\c2c(C)c(C#N)c(=O)n(CC)c2N2CCN(c3ccccc3F)CC2)SC1=S. The third kappa shape index (κ3) is 4.90. The second kappa shape index (κ2) is 11.1. The van der Waals surface area contributed by atoms with Gasteiger partial charge in [0, 0.05) is 44.3 Å². The summed E-state index contributed by atoms with van der Waals surface area (Å²) in [4.78, 5) is 32.8. The fraction of sp³-hybridized carbons (Fsp3) is 0.407. The van der Waals surface area contributed by atoms with Gasteiger partial charge in [-0.25, -0.2) is 4.39 Å². The first-order valence-corrected chi connectivity index (χ1v) is 13.6. The zero-order valence-corrected chi connectivity index (χ0v) is 23.1. The summed E-state index contributed by atoms with van der Waals surface area (Å²) in [6.07, 6.45) is 2.55. The highest BCUT2D eigenvalue weighted by Gasteiger charge is 2.36. The van der Waals surface area contributed by atoms with E-state index in [0.29, 0.717) is 64.6 Å². The number of amides is 1. The molecular formula is C27H30FN5O2S2. The highest BCUT2D eigenvalue weighted by atomic mass is 32.2. The molecule has 10 heteroatoms. The number of rotatable bonds is 6. The van der Waals surface area contributed by atoms with E-state index in [0.717, 1.165) is 6.42 Å². The maximum atomic E-state index is 14.4. The molecular weight excluding hydrogens is 509 g/mol. The van der Waals surface area contributed by atoms with Crippen LogP contribution in [0.25, 0.3) is 6.08 Å². The minimum atomic E-state index is -0.349. The van der Waals surface area contributed by atoms with Gasteiger partial charge in [0.15, 0.2) is 0 Å². The van der Waals surface area contributed by atoms with E-state index in [-0.39, 0.29) is 28.9 Å². The van der Waals surface area contributed by atoms with Crippen LogP contribution in [0.15, 0.2) is 34.0 Å². The molecule has 1 unspecified atom stereocenters. The maximum absolute atomic E-state index is 14.4. The lowest BCUT2D eigenvalue weighted by Gasteiger charge is -2.39. The third-order valence-corrected chi connectivity index (χ3v) is 8.40. The maximum Gasteiger partial charge on any atom is 0.270 e. The van der Waals surface area contributed by atoms with E-state index in [1.807, 2.05) is 31.7 Å². The van der Waals surface area contributed by atoms with Gasteiger partial charge in [-0.1, -0.05) is 43.0 Å². The lowest BCUT2D eigenvalue weighted by Crippen LogP contribution is -2.49. The van der Waals surface area contributed by atoms with Gasteiger partial charge in [0.05, 0.1) is 10.6 Å². The van der Waals surface area contributed by atoms with Gasteiger partial charge in [-0.2, -0.15) is 5.26 Å². The average molecular weight is 540 g/mol. The first-order valence-electron chi connectivity index (χ1n) is 12.4. The van der Waals surface area contributed by atoms with E-state index < -0.39 is 0 Å². The highest BCUT2D eigenvalue weighted by molar-refractivity contribution is 8.26. The average Bonchev–Trinajstić information content (AvgIpc) is 3.18. The Balaban J connectivity index is 1.78. The van der Waals surface area contributed by atoms with E-state index in [1.54, 1.807) is 34.6 Å². The molecule has 2 saturated heterocycles. The number of halogens is 1. The van der Waals surface area contributed by atoms with Crippen LogP contribution in [0.4, 0.5) is 15.9 Å². The van der Waals surface area contributed by atoms with Crippen LogP contribution in [0.2, 0.25) is 0 Å². The van der Waals surface area contributed by atoms with E-state index in [2.05, 4.69) is 11.0 Å². The summed E-state index contributed by atoms with van der Waals surface area (Å²) >= 11 is 6.75. The van der Waals surface area contributed by atoms with Crippen molar-refractivity contribution in [3.05, 3.63) is 62.0 Å². The molecule has 7 nitrogen and oxygen atoms in total. The molecule has 0 radical (unpaired) electrons. The fourth-order valence-electron chi connectivity index (χ4n) is 4.82. The Morgan fingerprint density at radius 3 is 2.41 bits per heavy atom. The molecule has 37 heavy (non-hydrogen) atoms. The lowest BCUT2D eigenvalue weighted by atomic mass is 10.0. The van der Waals surface area contributed by atoms with Crippen LogP contribution >= 0.6 is 24.0 Å². The van der Waals surface area contributed by atoms with E-state index in [1.165, 1.54) is 17.8 Å². The smallest absolute Gasteiger partial charge is 0.270 e. The number of aromatic nitrogens is 1. The van der Waals surface area contributed by atoms with Crippen LogP contribution in [0.3, 0.4) is 0 Å². The van der Waals surface area contributed by atoms with Crippen molar-refractivity contribution in [3.8, 4) is 6.07 Å². The molecule has 2 aliphatic rings. The summed E-state index contributed by atoms with van der Waals surface area (Å²) in [7, 11) is 0. The highest BCUT2D eigenvalue weighted by Crippen LogP contribution is 2.37. The normalized spacial score (nSPS) is 18.1. The Bertz CT molecular complexity index is 1370. The molecule has 0 saturated carbocycles. The standard InChI is InChI=1S/C27H30FN5O2S2/c1-5-17(3)33-26(35)23(37-27(33)36)15-19-18(4)20(16-29)25(34)32(6-2)24(19)31-13-11-30(12-14-31)22-10-8-7-9-21(22)28/h7-10,15,17H,5-6,11-14H2,1-4H3/b23-15+.